The van der Waals surface area contributed by atoms with E-state index in [1.165, 1.54) is 0 Å². The van der Waals surface area contributed by atoms with E-state index < -0.39 is 17.3 Å². The van der Waals surface area contributed by atoms with Crippen molar-refractivity contribution >= 4 is 22.0 Å². The molecule has 2 N–H and O–H groups in total. The first-order valence-electron chi connectivity index (χ1n) is 4.41. The van der Waals surface area contributed by atoms with Crippen molar-refractivity contribution in [2.45, 2.75) is 38.9 Å². The number of carbonyl (C=O) groups is 1. The molecule has 0 rings (SSSR count). The molecule has 0 aromatic rings. The zero-order chi connectivity index (χ0) is 11.4. The summed E-state index contributed by atoms with van der Waals surface area (Å²) in [6.45, 7) is 7.14. The third-order valence-corrected chi connectivity index (χ3v) is 2.51. The van der Waals surface area contributed by atoms with Crippen molar-refractivity contribution < 1.29 is 14.6 Å². The van der Waals surface area contributed by atoms with Gasteiger partial charge in [-0.15, -0.1) is 0 Å². The number of nitrogens with one attached hydrogen (secondary N) is 1. The van der Waals surface area contributed by atoms with E-state index in [1.807, 2.05) is 0 Å². The van der Waals surface area contributed by atoms with Gasteiger partial charge in [0.05, 0.1) is 12.1 Å². The van der Waals surface area contributed by atoms with E-state index in [4.69, 9.17) is 4.74 Å². The molecule has 0 spiro atoms. The highest BCUT2D eigenvalue weighted by atomic mass is 79.9. The lowest BCUT2D eigenvalue weighted by molar-refractivity contribution is 0.0407. The molecule has 0 fully saturated rings. The van der Waals surface area contributed by atoms with E-state index in [0.29, 0.717) is 5.33 Å². The Bertz CT molecular complexity index is 199. The summed E-state index contributed by atoms with van der Waals surface area (Å²) in [4.78, 5) is 11.2. The lowest BCUT2D eigenvalue weighted by Gasteiger charge is -2.23. The van der Waals surface area contributed by atoms with Crippen molar-refractivity contribution in [3.05, 3.63) is 0 Å². The molecule has 0 heterocycles. The Morgan fingerprint density at radius 2 is 1.93 bits per heavy atom. The van der Waals surface area contributed by atoms with E-state index in [1.54, 1.807) is 27.7 Å². The van der Waals surface area contributed by atoms with Crippen molar-refractivity contribution in [2.75, 3.05) is 11.9 Å². The second kappa shape index (κ2) is 4.98. The van der Waals surface area contributed by atoms with Crippen LogP contribution >= 0.6 is 15.9 Å². The van der Waals surface area contributed by atoms with Crippen LogP contribution in [-0.2, 0) is 4.74 Å². The van der Waals surface area contributed by atoms with Gasteiger partial charge in [-0.25, -0.2) is 4.79 Å². The van der Waals surface area contributed by atoms with Crippen molar-refractivity contribution in [1.29, 1.82) is 0 Å². The van der Waals surface area contributed by atoms with E-state index in [0.717, 1.165) is 0 Å². The summed E-state index contributed by atoms with van der Waals surface area (Å²) in [5, 5.41) is 12.4. The number of hydrogen-bond acceptors (Lipinski definition) is 3. The lowest BCUT2D eigenvalue weighted by atomic mass is 10.1. The molecule has 84 valence electrons. The van der Waals surface area contributed by atoms with E-state index in [9.17, 15) is 9.90 Å². The molecule has 1 atom stereocenters. The van der Waals surface area contributed by atoms with Gasteiger partial charge in [0, 0.05) is 5.33 Å². The van der Waals surface area contributed by atoms with Gasteiger partial charge in [-0.3, -0.25) is 0 Å². The van der Waals surface area contributed by atoms with Gasteiger partial charge >= 0.3 is 6.09 Å². The molecule has 0 aromatic heterocycles. The maximum Gasteiger partial charge on any atom is 0.407 e. The Morgan fingerprint density at radius 3 is 2.29 bits per heavy atom. The second-order valence-electron chi connectivity index (χ2n) is 4.49. The average molecular weight is 268 g/mol. The minimum absolute atomic E-state index is 0.160. The van der Waals surface area contributed by atoms with Crippen LogP contribution in [0.15, 0.2) is 0 Å². The minimum atomic E-state index is -0.948. The van der Waals surface area contributed by atoms with Crippen LogP contribution in [-0.4, -0.2) is 34.3 Å². The molecule has 0 aliphatic heterocycles. The Kier molecular flexibility index (Phi) is 4.88. The summed E-state index contributed by atoms with van der Waals surface area (Å²) >= 11 is 3.14. The van der Waals surface area contributed by atoms with Gasteiger partial charge in [-0.05, 0) is 27.7 Å². The Balaban J connectivity index is 3.87. The molecule has 1 amide bonds. The van der Waals surface area contributed by atoms with Gasteiger partial charge in [0.2, 0.25) is 0 Å². The third-order valence-electron chi connectivity index (χ3n) is 1.30. The van der Waals surface area contributed by atoms with E-state index in [-0.39, 0.29) is 6.54 Å². The quantitative estimate of drug-likeness (QED) is 0.765. The number of alkyl carbamates (subject to hydrolysis) is 1. The molecule has 0 aliphatic carbocycles. The number of aliphatic hydroxyl groups is 1. The fourth-order valence-electron chi connectivity index (χ4n) is 0.624. The van der Waals surface area contributed by atoms with Gasteiger partial charge < -0.3 is 15.2 Å². The standard InChI is InChI=1S/C9H18BrNO3/c1-8(2,3)14-7(12)11-6-9(4,13)5-10/h13H,5-6H2,1-4H3,(H,11,12). The van der Waals surface area contributed by atoms with E-state index in [2.05, 4.69) is 21.2 Å². The second-order valence-corrected chi connectivity index (χ2v) is 5.05. The highest BCUT2D eigenvalue weighted by Crippen LogP contribution is 2.08. The SMILES string of the molecule is CC(O)(CBr)CNC(=O)OC(C)(C)C. The summed E-state index contributed by atoms with van der Waals surface area (Å²) < 4.78 is 5.00. The molecule has 14 heavy (non-hydrogen) atoms. The highest BCUT2D eigenvalue weighted by Gasteiger charge is 2.22. The molecular weight excluding hydrogens is 250 g/mol. The first-order valence-corrected chi connectivity index (χ1v) is 5.54. The Labute approximate surface area is 93.1 Å². The molecular formula is C9H18BrNO3. The molecule has 4 nitrogen and oxygen atoms in total. The normalized spacial score (nSPS) is 15.9. The molecule has 0 radical (unpaired) electrons. The molecule has 0 aromatic carbocycles. The summed E-state index contributed by atoms with van der Waals surface area (Å²) in [5.74, 6) is 0. The number of halogens is 1. The van der Waals surface area contributed by atoms with Crippen LogP contribution in [0.1, 0.15) is 27.7 Å². The summed E-state index contributed by atoms with van der Waals surface area (Å²) in [5.41, 5.74) is -1.46. The Hall–Kier alpha value is -0.290. The van der Waals surface area contributed by atoms with Crippen molar-refractivity contribution in [1.82, 2.24) is 5.32 Å². The highest BCUT2D eigenvalue weighted by molar-refractivity contribution is 9.09. The Morgan fingerprint density at radius 1 is 1.43 bits per heavy atom. The van der Waals surface area contributed by atoms with Crippen molar-refractivity contribution in [3.8, 4) is 0 Å². The molecule has 0 saturated carbocycles. The molecule has 1 unspecified atom stereocenters. The zero-order valence-corrected chi connectivity index (χ0v) is 10.6. The average Bonchev–Trinajstić information content (AvgIpc) is 1.98. The number of alkyl halides is 1. The molecule has 0 bridgehead atoms. The monoisotopic (exact) mass is 267 g/mol. The first-order chi connectivity index (χ1) is 6.16. The van der Waals surface area contributed by atoms with Crippen molar-refractivity contribution in [3.63, 3.8) is 0 Å². The number of rotatable bonds is 3. The minimum Gasteiger partial charge on any atom is -0.444 e. The number of ether oxygens (including phenoxy) is 1. The zero-order valence-electron chi connectivity index (χ0n) is 9.06. The van der Waals surface area contributed by atoms with Gasteiger partial charge in [0.15, 0.2) is 0 Å². The van der Waals surface area contributed by atoms with Crippen LogP contribution in [0.25, 0.3) is 0 Å². The molecule has 0 aliphatic rings. The van der Waals surface area contributed by atoms with Crippen LogP contribution in [0, 0.1) is 0 Å². The van der Waals surface area contributed by atoms with Crippen LogP contribution in [0.2, 0.25) is 0 Å². The van der Waals surface area contributed by atoms with Gasteiger partial charge in [0.25, 0.3) is 0 Å². The van der Waals surface area contributed by atoms with Crippen LogP contribution < -0.4 is 5.32 Å². The topological polar surface area (TPSA) is 58.6 Å². The number of hydrogen-bond donors (Lipinski definition) is 2. The van der Waals surface area contributed by atoms with Crippen molar-refractivity contribution in [2.24, 2.45) is 0 Å². The lowest BCUT2D eigenvalue weighted by Crippen LogP contribution is -2.43. The van der Waals surface area contributed by atoms with Gasteiger partial charge in [0.1, 0.15) is 5.60 Å². The number of amides is 1. The fraction of sp³-hybridized carbons (Fsp3) is 0.889. The summed E-state index contributed by atoms with van der Waals surface area (Å²) in [6, 6.07) is 0. The first kappa shape index (κ1) is 13.7. The largest absolute Gasteiger partial charge is 0.444 e. The van der Waals surface area contributed by atoms with Crippen LogP contribution in [0.4, 0.5) is 4.79 Å². The molecule has 5 heteroatoms. The predicted octanol–water partition coefficient (Wildman–Crippen LogP) is 1.66. The van der Waals surface area contributed by atoms with Gasteiger partial charge in [-0.1, -0.05) is 15.9 Å². The maximum absolute atomic E-state index is 11.2. The summed E-state index contributed by atoms with van der Waals surface area (Å²) in [6.07, 6.45) is -0.515. The van der Waals surface area contributed by atoms with Gasteiger partial charge in [-0.2, -0.15) is 0 Å². The predicted molar refractivity (Wildman–Crippen MR) is 58.7 cm³/mol. The van der Waals surface area contributed by atoms with Crippen LogP contribution in [0.5, 0.6) is 0 Å². The molecule has 0 saturated heterocycles. The van der Waals surface area contributed by atoms with Crippen LogP contribution in [0.3, 0.4) is 0 Å². The summed E-state index contributed by atoms with van der Waals surface area (Å²) in [7, 11) is 0. The number of carbonyl (C=O) groups excluding carboxylic acids is 1. The van der Waals surface area contributed by atoms with E-state index >= 15 is 0 Å². The maximum atomic E-state index is 11.2. The third kappa shape index (κ3) is 7.15. The smallest absolute Gasteiger partial charge is 0.407 e. The fourth-order valence-corrected chi connectivity index (χ4v) is 0.822.